The van der Waals surface area contributed by atoms with E-state index in [1.807, 2.05) is 0 Å². The summed E-state index contributed by atoms with van der Waals surface area (Å²) < 4.78 is 17.4. The van der Waals surface area contributed by atoms with E-state index >= 15 is 0 Å². The Morgan fingerprint density at radius 3 is 1.24 bits per heavy atom. The van der Waals surface area contributed by atoms with Gasteiger partial charge in [0.25, 0.3) is 0 Å². The summed E-state index contributed by atoms with van der Waals surface area (Å²) in [5, 5.41) is 0.362. The smallest absolute Gasteiger partial charge is 1.00 e. The average Bonchev–Trinajstić information content (AvgIpc) is 3.24. The topological polar surface area (TPSA) is 18.5 Å². The third-order valence-electron chi connectivity index (χ3n) is 8.47. The van der Waals surface area contributed by atoms with E-state index in [9.17, 15) is 0 Å². The summed E-state index contributed by atoms with van der Waals surface area (Å²) in [6, 6.07) is 17.7. The van der Waals surface area contributed by atoms with Gasteiger partial charge in [0.1, 0.15) is 0 Å². The number of halogens is 2. The van der Waals surface area contributed by atoms with Crippen LogP contribution in [-0.4, -0.2) is 16.6 Å². The van der Waals surface area contributed by atoms with E-state index in [4.69, 9.17) is 8.85 Å². The van der Waals surface area contributed by atoms with Gasteiger partial charge in [0.15, 0.2) is 0 Å². The molecule has 2 atom stereocenters. The Morgan fingerprint density at radius 1 is 0.595 bits per heavy atom. The van der Waals surface area contributed by atoms with Crippen molar-refractivity contribution >= 4 is 28.8 Å². The summed E-state index contributed by atoms with van der Waals surface area (Å²) in [4.78, 5) is 0. The van der Waals surface area contributed by atoms with Crippen LogP contribution in [0, 0.1) is 0 Å². The van der Waals surface area contributed by atoms with Gasteiger partial charge in [-0.2, -0.15) is 0 Å². The van der Waals surface area contributed by atoms with E-state index in [0.717, 1.165) is 0 Å². The molecule has 0 radical (unpaired) electrons. The molecule has 0 N–H and O–H groups in total. The first-order valence-corrected chi connectivity index (χ1v) is 22.3. The molecule has 0 saturated heterocycles. The summed E-state index contributed by atoms with van der Waals surface area (Å²) in [6.07, 6.45) is 5.13. The van der Waals surface area contributed by atoms with Crippen LogP contribution in [-0.2, 0) is 31.8 Å². The zero-order chi connectivity index (χ0) is 25.8. The molecular weight excluding hydrogens is 698 g/mol. The molecule has 4 rings (SSSR count). The number of rotatable bonds is 6. The predicted octanol–water partition coefficient (Wildman–Crippen LogP) is 3.31. The summed E-state index contributed by atoms with van der Waals surface area (Å²) >= 11 is -1.43. The Balaban J connectivity index is 0.00000241. The molecule has 0 aliphatic heterocycles. The van der Waals surface area contributed by atoms with Crippen LogP contribution in [0.15, 0.2) is 55.2 Å². The summed E-state index contributed by atoms with van der Waals surface area (Å²) in [7, 11) is -3.87. The molecule has 0 spiro atoms. The van der Waals surface area contributed by atoms with E-state index in [0.29, 0.717) is 0 Å². The average molecular weight is 740 g/mol. The summed E-state index contributed by atoms with van der Waals surface area (Å²) in [5.74, 6) is 0. The van der Waals surface area contributed by atoms with Gasteiger partial charge in [-0.25, -0.2) is 0 Å². The molecule has 2 aliphatic rings. The number of hydrogen-bond acceptors (Lipinski definition) is 2. The second-order valence-electron chi connectivity index (χ2n) is 13.1. The van der Waals surface area contributed by atoms with Gasteiger partial charge in [0.2, 0.25) is 0 Å². The molecule has 0 unspecified atom stereocenters. The Bertz CT molecular complexity index is 1090. The molecule has 2 aliphatic carbocycles. The van der Waals surface area contributed by atoms with Gasteiger partial charge < -0.3 is 24.8 Å². The van der Waals surface area contributed by atoms with Crippen LogP contribution in [0.1, 0.15) is 76.0 Å². The third kappa shape index (κ3) is 6.73. The molecule has 2 aromatic rings. The molecule has 0 fully saturated rings. The standard InChI is InChI=1S/2C15H21OSi.2ClH.Hf/c2*1-15(2,3)17(4,5)16-14-11-10-12-8-6-7-9-13(12)14;;;/h2*6-10,14H,1-5H3;2*1H;/q;;;;+2/p-2/t2*14-;;;/m10.../s1. The molecule has 0 aromatic heterocycles. The zero-order valence-corrected chi connectivity index (χ0v) is 31.1. The fourth-order valence-electron chi connectivity index (χ4n) is 4.15. The first-order chi connectivity index (χ1) is 16.1. The van der Waals surface area contributed by atoms with Gasteiger partial charge in [-0.1, -0.05) is 0 Å². The van der Waals surface area contributed by atoms with Gasteiger partial charge in [0, 0.05) is 0 Å². The van der Waals surface area contributed by atoms with Gasteiger partial charge in [-0.3, -0.25) is 0 Å². The first-order valence-electron chi connectivity index (χ1n) is 12.8. The quantitative estimate of drug-likeness (QED) is 0.424. The minimum Gasteiger partial charge on any atom is -1.00 e. The number of hydrogen-bond donors (Lipinski definition) is 0. The number of benzene rings is 2. The molecule has 37 heavy (non-hydrogen) atoms. The second kappa shape index (κ2) is 11.7. The van der Waals surface area contributed by atoms with E-state index in [2.05, 4.69) is 128 Å². The molecule has 0 bridgehead atoms. The third-order valence-corrected chi connectivity index (χ3v) is 22.3. The Kier molecular flexibility index (Phi) is 10.4. The van der Waals surface area contributed by atoms with Crippen LogP contribution in [0.3, 0.4) is 0 Å². The molecular formula is C30H42Cl2HfO2Si2. The van der Waals surface area contributed by atoms with E-state index in [-0.39, 0.29) is 47.1 Å². The van der Waals surface area contributed by atoms with Gasteiger partial charge >= 0.3 is 228 Å². The van der Waals surface area contributed by atoms with Crippen LogP contribution in [0.4, 0.5) is 0 Å². The van der Waals surface area contributed by atoms with Gasteiger partial charge in [0.05, 0.1) is 0 Å². The Morgan fingerprint density at radius 2 is 0.919 bits per heavy atom. The Hall–Kier alpha value is -0.276. The molecule has 0 amide bonds. The maximum Gasteiger partial charge on any atom is -1.00 e. The first kappa shape index (κ1) is 32.9. The van der Waals surface area contributed by atoms with Crippen molar-refractivity contribution in [3.8, 4) is 0 Å². The molecule has 0 saturated carbocycles. The molecule has 2 aromatic carbocycles. The second-order valence-corrected chi connectivity index (χ2v) is 27.7. The van der Waals surface area contributed by atoms with E-state index < -0.39 is 39.5 Å². The summed E-state index contributed by atoms with van der Waals surface area (Å²) in [6.45, 7) is 23.6. The largest absolute Gasteiger partial charge is 1.00 e. The van der Waals surface area contributed by atoms with Crippen molar-refractivity contribution in [2.75, 3.05) is 0 Å². The molecule has 0 heterocycles. The van der Waals surface area contributed by atoms with Crippen molar-refractivity contribution in [3.63, 3.8) is 0 Å². The monoisotopic (exact) mass is 740 g/mol. The van der Waals surface area contributed by atoms with Gasteiger partial charge in [-0.05, 0) is 0 Å². The van der Waals surface area contributed by atoms with Crippen molar-refractivity contribution in [1.29, 1.82) is 0 Å². The zero-order valence-electron chi connectivity index (χ0n) is 24.0. The van der Waals surface area contributed by atoms with E-state index in [1.165, 1.54) is 22.3 Å². The molecule has 7 heteroatoms. The maximum absolute atomic E-state index is 7.14. The van der Waals surface area contributed by atoms with Crippen molar-refractivity contribution in [2.45, 2.75) is 90.0 Å². The van der Waals surface area contributed by atoms with Crippen LogP contribution in [0.5, 0.6) is 0 Å². The minimum absolute atomic E-state index is 0. The van der Waals surface area contributed by atoms with Crippen molar-refractivity contribution in [3.05, 3.63) is 77.4 Å². The van der Waals surface area contributed by atoms with E-state index in [1.54, 1.807) is 6.66 Å². The molecule has 200 valence electrons. The fraction of sp³-hybridized carbons (Fsp3) is 0.467. The SMILES string of the molecule is CC(C)(C)[Si](C)(C)O[C@@H]1[C]([Hf+2][C]2=Cc3ccccc3[C@H]2O[Si](C)(C)C(C)(C)C)=Cc2ccccc21.[Cl-].[Cl-]. The predicted molar refractivity (Wildman–Crippen MR) is 151 cm³/mol. The summed E-state index contributed by atoms with van der Waals surface area (Å²) in [5.41, 5.74) is 5.41. The fourth-order valence-corrected chi connectivity index (χ4v) is 12.7. The van der Waals surface area contributed by atoms with Gasteiger partial charge in [-0.15, -0.1) is 0 Å². The van der Waals surface area contributed by atoms with Crippen LogP contribution in [0.2, 0.25) is 36.3 Å². The van der Waals surface area contributed by atoms with Crippen LogP contribution >= 0.6 is 0 Å². The Labute approximate surface area is 251 Å². The molecule has 2 nitrogen and oxygen atoms in total. The maximum atomic E-state index is 7.14. The number of fused-ring (bicyclic) bond motifs is 2. The van der Waals surface area contributed by atoms with Crippen LogP contribution < -0.4 is 24.8 Å². The normalized spacial score (nSPS) is 19.1. The van der Waals surface area contributed by atoms with Crippen molar-refractivity contribution in [2.24, 2.45) is 0 Å². The van der Waals surface area contributed by atoms with Crippen molar-refractivity contribution < 1.29 is 56.6 Å². The minimum atomic E-state index is -1.93. The van der Waals surface area contributed by atoms with Crippen LogP contribution in [0.25, 0.3) is 12.2 Å². The van der Waals surface area contributed by atoms with Crippen molar-refractivity contribution in [1.82, 2.24) is 0 Å².